The average Bonchev–Trinajstić information content (AvgIpc) is 2.49. The van der Waals surface area contributed by atoms with Gasteiger partial charge in [-0.3, -0.25) is 0 Å². The van der Waals surface area contributed by atoms with Crippen LogP contribution in [0.3, 0.4) is 0 Å². The van der Waals surface area contributed by atoms with E-state index in [1.807, 2.05) is 55.5 Å². The smallest absolute Gasteiger partial charge is 0.0787 e. The van der Waals surface area contributed by atoms with Gasteiger partial charge >= 0.3 is 0 Å². The molecule has 3 heteroatoms. The summed E-state index contributed by atoms with van der Waals surface area (Å²) in [7, 11) is 2.06. The molecule has 0 heterocycles. The van der Waals surface area contributed by atoms with E-state index in [4.69, 9.17) is 11.6 Å². The van der Waals surface area contributed by atoms with Crippen molar-refractivity contribution in [2.75, 3.05) is 11.9 Å². The highest BCUT2D eigenvalue weighted by Gasteiger charge is 2.06. The predicted octanol–water partition coefficient (Wildman–Crippen LogP) is 4.42. The summed E-state index contributed by atoms with van der Waals surface area (Å²) in [6.07, 6.45) is 0.366. The molecule has 106 valence electrons. The molecular weight excluding hydrogens is 270 g/mol. The maximum atomic E-state index is 9.79. The minimum atomic E-state index is -0.370. The molecule has 2 rings (SSSR count). The first-order valence-corrected chi connectivity index (χ1v) is 7.21. The molecular formula is C17H20ClNO. The summed E-state index contributed by atoms with van der Waals surface area (Å²) in [5.74, 6) is 0. The van der Waals surface area contributed by atoms with E-state index in [0.717, 1.165) is 29.2 Å². The zero-order chi connectivity index (χ0) is 14.5. The minimum Gasteiger partial charge on any atom is -0.388 e. The van der Waals surface area contributed by atoms with E-state index in [1.165, 1.54) is 5.56 Å². The maximum Gasteiger partial charge on any atom is 0.0787 e. The molecule has 0 spiro atoms. The van der Waals surface area contributed by atoms with Crippen LogP contribution in [0.5, 0.6) is 0 Å². The lowest BCUT2D eigenvalue weighted by atomic mass is 10.1. The topological polar surface area (TPSA) is 23.5 Å². The van der Waals surface area contributed by atoms with Gasteiger partial charge in [0.25, 0.3) is 0 Å². The van der Waals surface area contributed by atoms with Gasteiger partial charge in [-0.05, 0) is 41.8 Å². The zero-order valence-corrected chi connectivity index (χ0v) is 12.6. The number of rotatable bonds is 5. The number of aliphatic hydroxyl groups is 1. The van der Waals surface area contributed by atoms with Crippen LogP contribution in [0, 0.1) is 0 Å². The van der Waals surface area contributed by atoms with Crippen molar-refractivity contribution in [3.8, 4) is 0 Å². The number of benzene rings is 2. The number of nitrogens with zero attached hydrogens (tertiary/aromatic N) is 1. The van der Waals surface area contributed by atoms with Crippen LogP contribution in [0.1, 0.15) is 30.6 Å². The van der Waals surface area contributed by atoms with Gasteiger partial charge in [0.15, 0.2) is 0 Å². The van der Waals surface area contributed by atoms with Gasteiger partial charge in [-0.1, -0.05) is 42.8 Å². The summed E-state index contributed by atoms with van der Waals surface area (Å²) < 4.78 is 0. The third kappa shape index (κ3) is 3.75. The van der Waals surface area contributed by atoms with Crippen LogP contribution in [-0.4, -0.2) is 12.2 Å². The van der Waals surface area contributed by atoms with Gasteiger partial charge < -0.3 is 10.0 Å². The highest BCUT2D eigenvalue weighted by molar-refractivity contribution is 6.30. The summed E-state index contributed by atoms with van der Waals surface area (Å²) >= 11 is 5.89. The second-order valence-electron chi connectivity index (χ2n) is 5.00. The van der Waals surface area contributed by atoms with Gasteiger partial charge in [0, 0.05) is 24.3 Å². The van der Waals surface area contributed by atoms with E-state index in [1.54, 1.807) is 0 Å². The lowest BCUT2D eigenvalue weighted by molar-refractivity contribution is 0.173. The molecule has 0 aromatic heterocycles. The molecule has 0 amide bonds. The van der Waals surface area contributed by atoms with Gasteiger partial charge in [-0.15, -0.1) is 0 Å². The molecule has 0 unspecified atom stereocenters. The van der Waals surface area contributed by atoms with E-state index in [9.17, 15) is 5.11 Å². The fourth-order valence-electron chi connectivity index (χ4n) is 2.14. The average molecular weight is 290 g/mol. The molecule has 0 saturated heterocycles. The van der Waals surface area contributed by atoms with Crippen molar-refractivity contribution in [2.24, 2.45) is 0 Å². The fraction of sp³-hybridized carbons (Fsp3) is 0.294. The van der Waals surface area contributed by atoms with Crippen LogP contribution >= 0.6 is 11.6 Å². The SMILES string of the molecule is CC[C@@H](O)c1ccc(N(C)Cc2ccc(Cl)cc2)cc1. The summed E-state index contributed by atoms with van der Waals surface area (Å²) in [6, 6.07) is 16.0. The van der Waals surface area contributed by atoms with Crippen molar-refractivity contribution < 1.29 is 5.11 Å². The second kappa shape index (κ2) is 6.78. The Kier molecular flexibility index (Phi) is 5.05. The second-order valence-corrected chi connectivity index (χ2v) is 5.43. The maximum absolute atomic E-state index is 9.79. The van der Waals surface area contributed by atoms with E-state index >= 15 is 0 Å². The molecule has 20 heavy (non-hydrogen) atoms. The Hall–Kier alpha value is -1.51. The minimum absolute atomic E-state index is 0.370. The molecule has 2 nitrogen and oxygen atoms in total. The summed E-state index contributed by atoms with van der Waals surface area (Å²) in [4.78, 5) is 2.17. The van der Waals surface area contributed by atoms with E-state index in [2.05, 4.69) is 11.9 Å². The normalized spacial score (nSPS) is 12.2. The van der Waals surface area contributed by atoms with Crippen LogP contribution in [0.15, 0.2) is 48.5 Å². The van der Waals surface area contributed by atoms with Crippen molar-refractivity contribution in [1.82, 2.24) is 0 Å². The van der Waals surface area contributed by atoms with E-state index in [0.29, 0.717) is 0 Å². The Morgan fingerprint density at radius 1 is 1.05 bits per heavy atom. The van der Waals surface area contributed by atoms with Crippen molar-refractivity contribution >= 4 is 17.3 Å². The number of anilines is 1. The molecule has 2 aromatic carbocycles. The largest absolute Gasteiger partial charge is 0.388 e. The van der Waals surface area contributed by atoms with Crippen LogP contribution in [-0.2, 0) is 6.54 Å². The van der Waals surface area contributed by atoms with E-state index < -0.39 is 0 Å². The third-order valence-electron chi connectivity index (χ3n) is 3.44. The first-order valence-electron chi connectivity index (χ1n) is 6.83. The molecule has 1 atom stereocenters. The van der Waals surface area contributed by atoms with Crippen molar-refractivity contribution in [1.29, 1.82) is 0 Å². The number of hydrogen-bond donors (Lipinski definition) is 1. The van der Waals surface area contributed by atoms with Crippen molar-refractivity contribution in [3.63, 3.8) is 0 Å². The zero-order valence-electron chi connectivity index (χ0n) is 11.9. The van der Waals surface area contributed by atoms with Crippen molar-refractivity contribution in [3.05, 3.63) is 64.7 Å². The monoisotopic (exact) mass is 289 g/mol. The number of hydrogen-bond acceptors (Lipinski definition) is 2. The Morgan fingerprint density at radius 3 is 2.20 bits per heavy atom. The van der Waals surface area contributed by atoms with Gasteiger partial charge in [0.2, 0.25) is 0 Å². The number of halogens is 1. The third-order valence-corrected chi connectivity index (χ3v) is 3.69. The lowest BCUT2D eigenvalue weighted by Crippen LogP contribution is -2.16. The highest BCUT2D eigenvalue weighted by atomic mass is 35.5. The Bertz CT molecular complexity index is 536. The highest BCUT2D eigenvalue weighted by Crippen LogP contribution is 2.21. The van der Waals surface area contributed by atoms with Crippen molar-refractivity contribution in [2.45, 2.75) is 26.0 Å². The fourth-order valence-corrected chi connectivity index (χ4v) is 2.27. The molecule has 0 aliphatic rings. The summed E-state index contributed by atoms with van der Waals surface area (Å²) in [6.45, 7) is 2.80. The Balaban J connectivity index is 2.05. The lowest BCUT2D eigenvalue weighted by Gasteiger charge is -2.20. The van der Waals surface area contributed by atoms with Gasteiger partial charge in [0.05, 0.1) is 6.10 Å². The van der Waals surface area contributed by atoms with Gasteiger partial charge in [-0.2, -0.15) is 0 Å². The molecule has 1 N–H and O–H groups in total. The summed E-state index contributed by atoms with van der Waals surface area (Å²) in [5.41, 5.74) is 3.32. The van der Waals surface area contributed by atoms with Crippen LogP contribution in [0.2, 0.25) is 5.02 Å². The van der Waals surface area contributed by atoms with E-state index in [-0.39, 0.29) is 6.10 Å². The molecule has 2 aromatic rings. The number of aliphatic hydroxyl groups excluding tert-OH is 1. The molecule has 0 aliphatic carbocycles. The van der Waals surface area contributed by atoms with Crippen LogP contribution in [0.25, 0.3) is 0 Å². The Morgan fingerprint density at radius 2 is 1.65 bits per heavy atom. The molecule has 0 aliphatic heterocycles. The standard InChI is InChI=1S/C17H20ClNO/c1-3-17(20)14-6-10-16(11-7-14)19(2)12-13-4-8-15(18)9-5-13/h4-11,17,20H,3,12H2,1-2H3/t17-/m1/s1. The Labute approximate surface area is 125 Å². The first-order chi connectivity index (χ1) is 9.60. The summed E-state index contributed by atoms with van der Waals surface area (Å²) in [5, 5.41) is 10.6. The quantitative estimate of drug-likeness (QED) is 0.881. The first kappa shape index (κ1) is 14.9. The van der Waals surface area contributed by atoms with Crippen LogP contribution < -0.4 is 4.90 Å². The predicted molar refractivity (Wildman–Crippen MR) is 85.3 cm³/mol. The van der Waals surface area contributed by atoms with Gasteiger partial charge in [-0.25, -0.2) is 0 Å². The molecule has 0 bridgehead atoms. The van der Waals surface area contributed by atoms with Crippen LogP contribution in [0.4, 0.5) is 5.69 Å². The molecule has 0 fully saturated rings. The molecule has 0 saturated carbocycles. The van der Waals surface area contributed by atoms with Gasteiger partial charge in [0.1, 0.15) is 0 Å². The molecule has 0 radical (unpaired) electrons.